The average Bonchev–Trinajstić information content (AvgIpc) is 2.41. The zero-order valence-electron chi connectivity index (χ0n) is 11.3. The molecule has 0 saturated heterocycles. The highest BCUT2D eigenvalue weighted by molar-refractivity contribution is 5.75. The van der Waals surface area contributed by atoms with E-state index >= 15 is 0 Å². The summed E-state index contributed by atoms with van der Waals surface area (Å²) < 4.78 is 27.9. The predicted molar refractivity (Wildman–Crippen MR) is 71.4 cm³/mol. The highest BCUT2D eigenvalue weighted by Crippen LogP contribution is 2.11. The molecule has 5 nitrogen and oxygen atoms in total. The number of halogens is 2. The Balaban J connectivity index is 2.01. The monoisotopic (exact) mass is 293 g/mol. The van der Waals surface area contributed by atoms with Crippen LogP contribution in [0.3, 0.4) is 0 Å². The summed E-state index contributed by atoms with van der Waals surface area (Å²) in [6, 6.07) is 4.76. The molecule has 1 aromatic heterocycles. The molecule has 2 rings (SSSR count). The first-order chi connectivity index (χ1) is 9.97. The lowest BCUT2D eigenvalue weighted by Gasteiger charge is -2.08. The number of carbonyl (C=O) groups excluding carboxylic acids is 1. The van der Waals surface area contributed by atoms with Crippen molar-refractivity contribution in [3.63, 3.8) is 0 Å². The number of hydrogen-bond acceptors (Lipinski definition) is 3. The van der Waals surface area contributed by atoms with Gasteiger partial charge >= 0.3 is 0 Å². The molecule has 0 unspecified atom stereocenters. The lowest BCUT2D eigenvalue weighted by atomic mass is 10.2. The van der Waals surface area contributed by atoms with Crippen molar-refractivity contribution in [3.8, 4) is 0 Å². The van der Waals surface area contributed by atoms with E-state index in [9.17, 15) is 18.4 Å². The molecular formula is C14H13F2N3O2. The van der Waals surface area contributed by atoms with E-state index in [-0.39, 0.29) is 24.2 Å². The molecule has 0 fully saturated rings. The van der Waals surface area contributed by atoms with Gasteiger partial charge in [0.2, 0.25) is 5.91 Å². The molecule has 0 radical (unpaired) electrons. The summed E-state index contributed by atoms with van der Waals surface area (Å²) in [6.45, 7) is 1.11. The van der Waals surface area contributed by atoms with Crippen LogP contribution in [0, 0.1) is 18.6 Å². The first kappa shape index (κ1) is 14.8. The highest BCUT2D eigenvalue weighted by atomic mass is 19.1. The number of rotatable bonds is 4. The number of nitrogens with one attached hydrogen (secondary N) is 1. The minimum Gasteiger partial charge on any atom is -0.350 e. The van der Waals surface area contributed by atoms with Crippen LogP contribution in [0.2, 0.25) is 0 Å². The summed E-state index contributed by atoms with van der Waals surface area (Å²) in [4.78, 5) is 27.2. The molecule has 0 aliphatic carbocycles. The lowest BCUT2D eigenvalue weighted by Crippen LogP contribution is -2.32. The summed E-state index contributed by atoms with van der Waals surface area (Å²) in [5.74, 6) is -2.00. The molecular weight excluding hydrogens is 280 g/mol. The number of benzene rings is 1. The first-order valence-electron chi connectivity index (χ1n) is 6.20. The molecule has 1 heterocycles. The SMILES string of the molecule is Cc1cc(=O)n(CC(=O)NCc2c(F)cccc2F)cn1. The van der Waals surface area contributed by atoms with Crippen molar-refractivity contribution in [1.82, 2.24) is 14.9 Å². The number of amides is 1. The van der Waals surface area contributed by atoms with E-state index in [0.29, 0.717) is 5.69 Å². The van der Waals surface area contributed by atoms with Gasteiger partial charge in [0, 0.05) is 23.9 Å². The fraction of sp³-hybridized carbons (Fsp3) is 0.214. The van der Waals surface area contributed by atoms with Gasteiger partial charge in [-0.3, -0.25) is 14.2 Å². The van der Waals surface area contributed by atoms with Gasteiger partial charge in [-0.2, -0.15) is 0 Å². The second-order valence-corrected chi connectivity index (χ2v) is 4.47. The Labute approximate surface area is 119 Å². The van der Waals surface area contributed by atoms with Crippen molar-refractivity contribution < 1.29 is 13.6 Å². The molecule has 7 heteroatoms. The highest BCUT2D eigenvalue weighted by Gasteiger charge is 2.10. The zero-order valence-corrected chi connectivity index (χ0v) is 11.3. The van der Waals surface area contributed by atoms with Crippen LogP contribution < -0.4 is 10.9 Å². The van der Waals surface area contributed by atoms with Gasteiger partial charge < -0.3 is 5.32 Å². The maximum absolute atomic E-state index is 13.4. The molecule has 0 saturated carbocycles. The van der Waals surface area contributed by atoms with Crippen LogP contribution in [0.1, 0.15) is 11.3 Å². The van der Waals surface area contributed by atoms with Gasteiger partial charge in [-0.05, 0) is 19.1 Å². The molecule has 110 valence electrons. The van der Waals surface area contributed by atoms with E-state index in [2.05, 4.69) is 10.3 Å². The fourth-order valence-electron chi connectivity index (χ4n) is 1.73. The number of aromatic nitrogens is 2. The molecule has 1 amide bonds. The quantitative estimate of drug-likeness (QED) is 0.919. The third-order valence-electron chi connectivity index (χ3n) is 2.85. The molecule has 0 aliphatic heterocycles. The van der Waals surface area contributed by atoms with Crippen molar-refractivity contribution >= 4 is 5.91 Å². The van der Waals surface area contributed by atoms with Crippen molar-refractivity contribution in [2.75, 3.05) is 0 Å². The van der Waals surface area contributed by atoms with Crippen molar-refractivity contribution in [2.45, 2.75) is 20.0 Å². The Bertz CT molecular complexity index is 708. The van der Waals surface area contributed by atoms with E-state index in [4.69, 9.17) is 0 Å². The van der Waals surface area contributed by atoms with Gasteiger partial charge in [-0.1, -0.05) is 6.07 Å². The van der Waals surface area contributed by atoms with Crippen LogP contribution in [0.15, 0.2) is 35.4 Å². The van der Waals surface area contributed by atoms with E-state index in [1.165, 1.54) is 18.5 Å². The standard InChI is InChI=1S/C14H13F2N3O2/c1-9-5-14(21)19(8-18-9)7-13(20)17-6-10-11(15)3-2-4-12(10)16/h2-5,8H,6-7H2,1H3,(H,17,20). The summed E-state index contributed by atoms with van der Waals surface area (Å²) in [6.07, 6.45) is 1.25. The van der Waals surface area contributed by atoms with Crippen molar-refractivity contribution in [3.05, 3.63) is 63.8 Å². The van der Waals surface area contributed by atoms with Crippen LogP contribution >= 0.6 is 0 Å². The van der Waals surface area contributed by atoms with Crippen LogP contribution in [-0.2, 0) is 17.9 Å². The minimum absolute atomic E-state index is 0.222. The first-order valence-corrected chi connectivity index (χ1v) is 6.20. The van der Waals surface area contributed by atoms with E-state index in [1.807, 2.05) is 0 Å². The Morgan fingerprint density at radius 2 is 2.00 bits per heavy atom. The van der Waals surface area contributed by atoms with Gasteiger partial charge in [0.25, 0.3) is 5.56 Å². The number of hydrogen-bond donors (Lipinski definition) is 1. The van der Waals surface area contributed by atoms with E-state index in [1.54, 1.807) is 6.92 Å². The summed E-state index contributed by atoms with van der Waals surface area (Å²) in [5.41, 5.74) is -0.0416. The molecule has 0 aliphatic rings. The zero-order chi connectivity index (χ0) is 15.4. The van der Waals surface area contributed by atoms with Gasteiger partial charge in [0.05, 0.1) is 6.33 Å². The predicted octanol–water partition coefficient (Wildman–Crippen LogP) is 1.15. The van der Waals surface area contributed by atoms with Gasteiger partial charge in [0.15, 0.2) is 0 Å². The fourth-order valence-corrected chi connectivity index (χ4v) is 1.73. The average molecular weight is 293 g/mol. The normalized spacial score (nSPS) is 10.4. The second kappa shape index (κ2) is 6.25. The Hall–Kier alpha value is -2.57. The van der Waals surface area contributed by atoms with Crippen LogP contribution in [0.5, 0.6) is 0 Å². The molecule has 21 heavy (non-hydrogen) atoms. The van der Waals surface area contributed by atoms with E-state index < -0.39 is 17.5 Å². The third-order valence-corrected chi connectivity index (χ3v) is 2.85. The molecule has 1 aromatic carbocycles. The Morgan fingerprint density at radius 3 is 2.62 bits per heavy atom. The van der Waals surface area contributed by atoms with Crippen LogP contribution in [-0.4, -0.2) is 15.5 Å². The van der Waals surface area contributed by atoms with Gasteiger partial charge in [-0.15, -0.1) is 0 Å². The van der Waals surface area contributed by atoms with Crippen molar-refractivity contribution in [2.24, 2.45) is 0 Å². The number of carbonyl (C=O) groups is 1. The topological polar surface area (TPSA) is 64.0 Å². The molecule has 2 aromatic rings. The van der Waals surface area contributed by atoms with Crippen LogP contribution in [0.25, 0.3) is 0 Å². The van der Waals surface area contributed by atoms with E-state index in [0.717, 1.165) is 16.7 Å². The molecule has 1 N–H and O–H groups in total. The smallest absolute Gasteiger partial charge is 0.253 e. The minimum atomic E-state index is -0.732. The lowest BCUT2D eigenvalue weighted by molar-refractivity contribution is -0.121. The number of nitrogens with zero attached hydrogens (tertiary/aromatic N) is 2. The summed E-state index contributed by atoms with van der Waals surface area (Å²) in [5, 5.41) is 2.36. The Morgan fingerprint density at radius 1 is 1.33 bits per heavy atom. The third kappa shape index (κ3) is 3.71. The van der Waals surface area contributed by atoms with Gasteiger partial charge in [0.1, 0.15) is 18.2 Å². The molecule has 0 spiro atoms. The summed E-state index contributed by atoms with van der Waals surface area (Å²) >= 11 is 0. The Kier molecular flexibility index (Phi) is 4.42. The molecule has 0 bridgehead atoms. The largest absolute Gasteiger partial charge is 0.350 e. The summed E-state index contributed by atoms with van der Waals surface area (Å²) in [7, 11) is 0. The second-order valence-electron chi connectivity index (χ2n) is 4.47. The van der Waals surface area contributed by atoms with Crippen molar-refractivity contribution in [1.29, 1.82) is 0 Å². The maximum atomic E-state index is 13.4. The number of aryl methyl sites for hydroxylation is 1. The maximum Gasteiger partial charge on any atom is 0.253 e. The van der Waals surface area contributed by atoms with Gasteiger partial charge in [-0.25, -0.2) is 13.8 Å². The molecule has 0 atom stereocenters. The van der Waals surface area contributed by atoms with Crippen LogP contribution in [0.4, 0.5) is 8.78 Å².